The Balaban J connectivity index is 2.03. The zero-order valence-corrected chi connectivity index (χ0v) is 10.7. The van der Waals surface area contributed by atoms with Crippen LogP contribution in [0, 0.1) is 11.9 Å². The number of fused-ring (bicyclic) bond motifs is 1. The van der Waals surface area contributed by atoms with Crippen molar-refractivity contribution in [1.29, 1.82) is 0 Å². The van der Waals surface area contributed by atoms with Crippen LogP contribution in [0.2, 0.25) is 5.02 Å². The summed E-state index contributed by atoms with van der Waals surface area (Å²) in [5.74, 6) is -0.420. The molecule has 0 amide bonds. The van der Waals surface area contributed by atoms with Gasteiger partial charge in [-0.3, -0.25) is 0 Å². The van der Waals surface area contributed by atoms with Gasteiger partial charge in [0.15, 0.2) is 5.13 Å². The highest BCUT2D eigenvalue weighted by molar-refractivity contribution is 7.22. The molecule has 17 heavy (non-hydrogen) atoms. The van der Waals surface area contributed by atoms with E-state index in [9.17, 15) is 4.39 Å². The fourth-order valence-corrected chi connectivity index (χ4v) is 3.42. The van der Waals surface area contributed by atoms with Crippen LogP contribution < -0.4 is 4.90 Å². The second kappa shape index (κ2) is 4.42. The van der Waals surface area contributed by atoms with Gasteiger partial charge in [0.1, 0.15) is 11.3 Å². The molecule has 2 heterocycles. The number of nitrogens with zero attached hydrogens (tertiary/aromatic N) is 2. The van der Waals surface area contributed by atoms with E-state index in [2.05, 4.69) is 16.0 Å². The molecule has 0 saturated carbocycles. The molecular formula is C12H11ClFN2S. The van der Waals surface area contributed by atoms with Crippen LogP contribution in [0.4, 0.5) is 9.52 Å². The normalized spacial score (nSPS) is 16.7. The van der Waals surface area contributed by atoms with E-state index in [-0.39, 0.29) is 0 Å². The summed E-state index contributed by atoms with van der Waals surface area (Å²) in [6.45, 7) is 2.06. The molecule has 1 aromatic carbocycles. The van der Waals surface area contributed by atoms with Gasteiger partial charge in [-0.25, -0.2) is 9.37 Å². The predicted molar refractivity (Wildman–Crippen MR) is 69.5 cm³/mol. The molecule has 0 bridgehead atoms. The van der Waals surface area contributed by atoms with E-state index in [1.807, 2.05) is 0 Å². The average molecular weight is 270 g/mol. The topological polar surface area (TPSA) is 16.1 Å². The smallest absolute Gasteiger partial charge is 0.186 e. The third-order valence-electron chi connectivity index (χ3n) is 2.96. The molecule has 0 unspecified atom stereocenters. The minimum Gasteiger partial charge on any atom is -0.348 e. The van der Waals surface area contributed by atoms with Gasteiger partial charge in [0, 0.05) is 19.2 Å². The number of rotatable bonds is 1. The van der Waals surface area contributed by atoms with Crippen LogP contribution in [0.5, 0.6) is 0 Å². The Morgan fingerprint density at radius 3 is 2.88 bits per heavy atom. The summed E-state index contributed by atoms with van der Waals surface area (Å²) in [4.78, 5) is 6.74. The van der Waals surface area contributed by atoms with Gasteiger partial charge >= 0.3 is 0 Å². The number of halogens is 2. The second-order valence-corrected chi connectivity index (χ2v) is 5.57. The Morgan fingerprint density at radius 1 is 1.35 bits per heavy atom. The van der Waals surface area contributed by atoms with Gasteiger partial charge in [-0.2, -0.15) is 0 Å². The lowest BCUT2D eigenvalue weighted by Crippen LogP contribution is -2.29. The fourth-order valence-electron chi connectivity index (χ4n) is 2.10. The standard InChI is InChI=1S/C12H11ClFN2S/c13-9-6-8(14)7-10-11(9)15-12(17-10)16-4-2-1-3-5-16/h6H,1-5H2. The van der Waals surface area contributed by atoms with Crippen LogP contribution in [-0.4, -0.2) is 18.1 Å². The highest BCUT2D eigenvalue weighted by atomic mass is 35.5. The van der Waals surface area contributed by atoms with E-state index < -0.39 is 5.82 Å². The third-order valence-corrected chi connectivity index (χ3v) is 4.27. The Bertz CT molecular complexity index is 549. The van der Waals surface area contributed by atoms with E-state index >= 15 is 0 Å². The van der Waals surface area contributed by atoms with Crippen LogP contribution in [0.15, 0.2) is 6.07 Å². The van der Waals surface area contributed by atoms with Crippen molar-refractivity contribution in [2.24, 2.45) is 0 Å². The molecular weight excluding hydrogens is 259 g/mol. The van der Waals surface area contributed by atoms with Crippen LogP contribution in [0.25, 0.3) is 10.2 Å². The first-order chi connectivity index (χ1) is 8.24. The van der Waals surface area contributed by atoms with E-state index in [0.717, 1.165) is 18.2 Å². The van der Waals surface area contributed by atoms with Crippen molar-refractivity contribution >= 4 is 38.3 Å². The lowest BCUT2D eigenvalue weighted by molar-refractivity contribution is 0.577. The average Bonchev–Trinajstić information content (AvgIpc) is 2.74. The molecule has 5 heteroatoms. The summed E-state index contributed by atoms with van der Waals surface area (Å²) in [7, 11) is 0. The van der Waals surface area contributed by atoms with Crippen molar-refractivity contribution in [3.8, 4) is 0 Å². The SMILES string of the molecule is Fc1[c]c2sc(N3CCCCC3)nc2c(Cl)c1. The summed E-state index contributed by atoms with van der Waals surface area (Å²) in [6, 6.07) is 3.94. The van der Waals surface area contributed by atoms with Gasteiger partial charge in [0.2, 0.25) is 0 Å². The molecule has 3 rings (SSSR count). The number of piperidine rings is 1. The summed E-state index contributed by atoms with van der Waals surface area (Å²) < 4.78 is 13.9. The number of aromatic nitrogens is 1. The number of hydrogen-bond acceptors (Lipinski definition) is 3. The van der Waals surface area contributed by atoms with Gasteiger partial charge < -0.3 is 4.90 Å². The number of benzene rings is 1. The molecule has 1 saturated heterocycles. The van der Waals surface area contributed by atoms with Crippen LogP contribution in [-0.2, 0) is 0 Å². The van der Waals surface area contributed by atoms with Crippen molar-refractivity contribution in [1.82, 2.24) is 4.98 Å². The van der Waals surface area contributed by atoms with E-state index in [1.165, 1.54) is 36.7 Å². The molecule has 2 aromatic rings. The first kappa shape index (κ1) is 11.2. The molecule has 1 aromatic heterocycles. The molecule has 0 spiro atoms. The Kier molecular flexibility index (Phi) is 2.92. The largest absolute Gasteiger partial charge is 0.348 e. The maximum absolute atomic E-state index is 13.2. The fraction of sp³-hybridized carbons (Fsp3) is 0.417. The van der Waals surface area contributed by atoms with Crippen molar-refractivity contribution in [2.45, 2.75) is 19.3 Å². The van der Waals surface area contributed by atoms with Crippen molar-refractivity contribution in [3.05, 3.63) is 23.0 Å². The Morgan fingerprint density at radius 2 is 2.12 bits per heavy atom. The number of thiazole rings is 1. The highest BCUT2D eigenvalue weighted by Gasteiger charge is 2.16. The quantitative estimate of drug-likeness (QED) is 0.781. The monoisotopic (exact) mass is 269 g/mol. The number of anilines is 1. The van der Waals surface area contributed by atoms with Gasteiger partial charge in [-0.1, -0.05) is 22.9 Å². The molecule has 0 atom stereocenters. The molecule has 1 radical (unpaired) electrons. The molecule has 89 valence electrons. The minimum absolute atomic E-state index is 0.371. The maximum atomic E-state index is 13.2. The Labute approximate surface area is 108 Å². The molecule has 1 aliphatic heterocycles. The van der Waals surface area contributed by atoms with Crippen molar-refractivity contribution in [2.75, 3.05) is 18.0 Å². The van der Waals surface area contributed by atoms with Crippen molar-refractivity contribution < 1.29 is 4.39 Å². The lowest BCUT2D eigenvalue weighted by atomic mass is 10.1. The van der Waals surface area contributed by atoms with Crippen LogP contribution in [0.3, 0.4) is 0 Å². The summed E-state index contributed by atoms with van der Waals surface area (Å²) >= 11 is 7.45. The van der Waals surface area contributed by atoms with Crippen molar-refractivity contribution in [3.63, 3.8) is 0 Å². The number of hydrogen-bond donors (Lipinski definition) is 0. The maximum Gasteiger partial charge on any atom is 0.186 e. The van der Waals surface area contributed by atoms with Gasteiger partial charge in [-0.05, 0) is 25.3 Å². The van der Waals surface area contributed by atoms with Gasteiger partial charge in [0.25, 0.3) is 0 Å². The molecule has 2 nitrogen and oxygen atoms in total. The summed E-state index contributed by atoms with van der Waals surface area (Å²) in [6.07, 6.45) is 3.67. The Hall–Kier alpha value is -0.870. The second-order valence-electron chi connectivity index (χ2n) is 4.19. The van der Waals surface area contributed by atoms with E-state index in [4.69, 9.17) is 11.6 Å². The molecule has 1 aliphatic rings. The van der Waals surface area contributed by atoms with Crippen LogP contribution in [0.1, 0.15) is 19.3 Å². The van der Waals surface area contributed by atoms with E-state index in [0.29, 0.717) is 15.2 Å². The lowest BCUT2D eigenvalue weighted by Gasteiger charge is -2.25. The highest BCUT2D eigenvalue weighted by Crippen LogP contribution is 2.34. The van der Waals surface area contributed by atoms with Crippen LogP contribution >= 0.6 is 22.9 Å². The summed E-state index contributed by atoms with van der Waals surface area (Å²) in [5, 5.41) is 1.30. The third kappa shape index (κ3) is 2.11. The first-order valence-corrected chi connectivity index (χ1v) is 6.86. The molecule has 0 N–H and O–H groups in total. The van der Waals surface area contributed by atoms with Gasteiger partial charge in [-0.15, -0.1) is 0 Å². The molecule has 0 aliphatic carbocycles. The zero-order chi connectivity index (χ0) is 11.8. The zero-order valence-electron chi connectivity index (χ0n) is 9.17. The van der Waals surface area contributed by atoms with Gasteiger partial charge in [0.05, 0.1) is 9.72 Å². The predicted octanol–water partition coefficient (Wildman–Crippen LogP) is 3.88. The molecule has 1 fully saturated rings. The summed E-state index contributed by atoms with van der Waals surface area (Å²) in [5.41, 5.74) is 0.665. The first-order valence-electron chi connectivity index (χ1n) is 5.67. The van der Waals surface area contributed by atoms with E-state index in [1.54, 1.807) is 0 Å². The minimum atomic E-state index is -0.420.